The highest BCUT2D eigenvalue weighted by atomic mass is 32.2. The SMILES string of the molecule is Cc1cc(S(=O)(=O)c2cccc(F)c2)cc(=O)n1[C@H](CC1CCOCC1)C(=O)Nc1ncc(F)s1. The van der Waals surface area contributed by atoms with E-state index in [9.17, 15) is 26.8 Å². The van der Waals surface area contributed by atoms with E-state index >= 15 is 0 Å². The Morgan fingerprint density at radius 2 is 1.97 bits per heavy atom. The number of amides is 1. The van der Waals surface area contributed by atoms with E-state index < -0.39 is 38.3 Å². The molecule has 35 heavy (non-hydrogen) atoms. The smallest absolute Gasteiger partial charge is 0.252 e. The number of aryl methyl sites for hydroxylation is 1. The topological polar surface area (TPSA) is 107 Å². The highest BCUT2D eigenvalue weighted by Gasteiger charge is 2.30. The van der Waals surface area contributed by atoms with Crippen LogP contribution in [0.1, 0.15) is 31.0 Å². The van der Waals surface area contributed by atoms with Crippen LogP contribution in [0.25, 0.3) is 0 Å². The van der Waals surface area contributed by atoms with Gasteiger partial charge in [0.2, 0.25) is 15.7 Å². The number of rotatable bonds is 7. The van der Waals surface area contributed by atoms with E-state index in [4.69, 9.17) is 4.74 Å². The summed E-state index contributed by atoms with van der Waals surface area (Å²) >= 11 is 0.661. The zero-order valence-corrected chi connectivity index (χ0v) is 20.4. The number of aromatic nitrogens is 2. The van der Waals surface area contributed by atoms with Gasteiger partial charge in [0.25, 0.3) is 5.56 Å². The summed E-state index contributed by atoms with van der Waals surface area (Å²) in [5.41, 5.74) is -0.456. The van der Waals surface area contributed by atoms with Gasteiger partial charge in [-0.2, -0.15) is 4.39 Å². The second kappa shape index (κ2) is 10.3. The fraction of sp³-hybridized carbons (Fsp3) is 0.348. The minimum absolute atomic E-state index is 0.0560. The van der Waals surface area contributed by atoms with Crippen LogP contribution in [-0.4, -0.2) is 37.1 Å². The Labute approximate surface area is 204 Å². The van der Waals surface area contributed by atoms with Gasteiger partial charge in [-0.25, -0.2) is 17.8 Å². The third kappa shape index (κ3) is 5.65. The van der Waals surface area contributed by atoms with Crippen molar-refractivity contribution >= 4 is 32.2 Å². The molecule has 1 aliphatic rings. The van der Waals surface area contributed by atoms with Crippen molar-refractivity contribution in [1.82, 2.24) is 9.55 Å². The molecule has 12 heteroatoms. The van der Waals surface area contributed by atoms with Gasteiger partial charge in [0, 0.05) is 25.0 Å². The van der Waals surface area contributed by atoms with Crippen LogP contribution in [0.5, 0.6) is 0 Å². The molecule has 0 unspecified atom stereocenters. The molecule has 1 N–H and O–H groups in total. The molecule has 1 aromatic carbocycles. The van der Waals surface area contributed by atoms with Crippen molar-refractivity contribution in [2.75, 3.05) is 18.5 Å². The molecule has 3 aromatic rings. The number of carbonyl (C=O) groups is 1. The van der Waals surface area contributed by atoms with Crippen molar-refractivity contribution < 1.29 is 26.7 Å². The van der Waals surface area contributed by atoms with E-state index in [2.05, 4.69) is 10.3 Å². The molecule has 4 rings (SSSR count). The van der Waals surface area contributed by atoms with Crippen LogP contribution in [0, 0.1) is 23.8 Å². The van der Waals surface area contributed by atoms with Gasteiger partial charge in [-0.3, -0.25) is 9.59 Å². The second-order valence-corrected chi connectivity index (χ2v) is 11.2. The van der Waals surface area contributed by atoms with Crippen LogP contribution in [0.3, 0.4) is 0 Å². The molecule has 2 aromatic heterocycles. The van der Waals surface area contributed by atoms with Crippen LogP contribution < -0.4 is 10.9 Å². The maximum atomic E-state index is 13.6. The summed E-state index contributed by atoms with van der Waals surface area (Å²) in [4.78, 5) is 29.6. The fourth-order valence-electron chi connectivity index (χ4n) is 4.14. The van der Waals surface area contributed by atoms with Crippen molar-refractivity contribution in [1.29, 1.82) is 0 Å². The Bertz CT molecular complexity index is 1400. The number of nitrogens with zero attached hydrogens (tertiary/aromatic N) is 2. The summed E-state index contributed by atoms with van der Waals surface area (Å²) in [6.45, 7) is 2.60. The molecule has 1 aliphatic heterocycles. The zero-order chi connectivity index (χ0) is 25.2. The van der Waals surface area contributed by atoms with E-state index in [1.807, 2.05) is 0 Å². The number of ether oxygens (including phenoxy) is 1. The van der Waals surface area contributed by atoms with Gasteiger partial charge in [-0.1, -0.05) is 17.4 Å². The number of sulfone groups is 1. The van der Waals surface area contributed by atoms with E-state index in [1.54, 1.807) is 0 Å². The van der Waals surface area contributed by atoms with Crippen LogP contribution in [0.15, 0.2) is 57.2 Å². The monoisotopic (exact) mass is 523 g/mol. The quantitative estimate of drug-likeness (QED) is 0.506. The molecule has 186 valence electrons. The van der Waals surface area contributed by atoms with E-state index in [1.165, 1.54) is 29.7 Å². The summed E-state index contributed by atoms with van der Waals surface area (Å²) in [5.74, 6) is -1.19. The number of benzene rings is 1. The minimum Gasteiger partial charge on any atom is -0.381 e. The van der Waals surface area contributed by atoms with Crippen LogP contribution >= 0.6 is 11.3 Å². The lowest BCUT2D eigenvalue weighted by Gasteiger charge is -2.28. The highest BCUT2D eigenvalue weighted by molar-refractivity contribution is 7.91. The van der Waals surface area contributed by atoms with Gasteiger partial charge in [0.15, 0.2) is 10.3 Å². The highest BCUT2D eigenvalue weighted by Crippen LogP contribution is 2.29. The first-order valence-electron chi connectivity index (χ1n) is 10.9. The summed E-state index contributed by atoms with van der Waals surface area (Å²) in [6, 6.07) is 5.75. The maximum absolute atomic E-state index is 13.6. The Kier molecular flexibility index (Phi) is 7.43. The predicted octanol–water partition coefficient (Wildman–Crippen LogP) is 3.72. The van der Waals surface area contributed by atoms with Gasteiger partial charge in [0.05, 0.1) is 16.0 Å². The molecule has 1 saturated heterocycles. The molecule has 0 saturated carbocycles. The number of anilines is 1. The number of thiazole rings is 1. The lowest BCUT2D eigenvalue weighted by molar-refractivity contribution is -0.120. The van der Waals surface area contributed by atoms with Crippen LogP contribution in [-0.2, 0) is 19.4 Å². The molecule has 8 nitrogen and oxygen atoms in total. The second-order valence-electron chi connectivity index (χ2n) is 8.27. The first kappa shape index (κ1) is 25.1. The van der Waals surface area contributed by atoms with Crippen molar-refractivity contribution in [2.24, 2.45) is 5.92 Å². The van der Waals surface area contributed by atoms with E-state index in [0.717, 1.165) is 24.4 Å². The number of hydrogen-bond donors (Lipinski definition) is 1. The van der Waals surface area contributed by atoms with E-state index in [0.29, 0.717) is 43.8 Å². The molecule has 1 fully saturated rings. The number of nitrogens with one attached hydrogen (secondary N) is 1. The van der Waals surface area contributed by atoms with Gasteiger partial charge in [-0.15, -0.1) is 0 Å². The van der Waals surface area contributed by atoms with Gasteiger partial charge in [-0.05, 0) is 56.4 Å². The molecule has 0 radical (unpaired) electrons. The Morgan fingerprint density at radius 3 is 2.60 bits per heavy atom. The third-order valence-corrected chi connectivity index (χ3v) is 8.30. The number of hydrogen-bond acceptors (Lipinski definition) is 7. The van der Waals surface area contributed by atoms with Gasteiger partial charge in [0.1, 0.15) is 11.9 Å². The molecule has 0 aliphatic carbocycles. The molecule has 1 atom stereocenters. The minimum atomic E-state index is -4.16. The Balaban J connectivity index is 1.72. The summed E-state index contributed by atoms with van der Waals surface area (Å²) in [5, 5.41) is 2.05. The van der Waals surface area contributed by atoms with Gasteiger partial charge >= 0.3 is 0 Å². The Morgan fingerprint density at radius 1 is 1.23 bits per heavy atom. The van der Waals surface area contributed by atoms with Crippen molar-refractivity contribution in [3.63, 3.8) is 0 Å². The summed E-state index contributed by atoms with van der Waals surface area (Å²) < 4.78 is 59.7. The van der Waals surface area contributed by atoms with Crippen LogP contribution in [0.2, 0.25) is 0 Å². The Hall–Kier alpha value is -2.96. The average molecular weight is 524 g/mol. The largest absolute Gasteiger partial charge is 0.381 e. The standard InChI is InChI=1S/C23H23F2N3O5S2/c1-14-9-18(35(31,32)17-4-2-3-16(24)11-17)12-21(29)28(14)19(10-15-5-7-33-8-6-15)22(30)27-23-26-13-20(25)34-23/h2-4,9,11-13,15,19H,5-8,10H2,1H3,(H,26,27,30)/t19-/m1/s1. The molecular weight excluding hydrogens is 500 g/mol. The summed E-state index contributed by atoms with van der Waals surface area (Å²) in [7, 11) is -4.16. The van der Waals surface area contributed by atoms with Crippen molar-refractivity contribution in [3.8, 4) is 0 Å². The van der Waals surface area contributed by atoms with Crippen LogP contribution in [0.4, 0.5) is 13.9 Å². The molecule has 1 amide bonds. The molecular formula is C23H23F2N3O5S2. The number of pyridine rings is 1. The number of halogens is 2. The summed E-state index contributed by atoms with van der Waals surface area (Å²) in [6.07, 6.45) is 2.70. The van der Waals surface area contributed by atoms with Crippen molar-refractivity contribution in [2.45, 2.75) is 42.0 Å². The maximum Gasteiger partial charge on any atom is 0.252 e. The molecule has 0 spiro atoms. The normalized spacial score (nSPS) is 15.6. The lowest BCUT2D eigenvalue weighted by Crippen LogP contribution is -2.36. The fourth-order valence-corrected chi connectivity index (χ4v) is 6.06. The first-order chi connectivity index (χ1) is 16.6. The van der Waals surface area contributed by atoms with Crippen molar-refractivity contribution in [3.05, 3.63) is 69.6 Å². The van der Waals surface area contributed by atoms with E-state index in [-0.39, 0.29) is 26.5 Å². The predicted molar refractivity (Wildman–Crippen MR) is 125 cm³/mol. The third-order valence-electron chi connectivity index (χ3n) is 5.87. The average Bonchev–Trinajstić information content (AvgIpc) is 3.22. The van der Waals surface area contributed by atoms with Gasteiger partial charge < -0.3 is 14.6 Å². The number of carbonyl (C=O) groups excluding carboxylic acids is 1. The molecule has 0 bridgehead atoms. The first-order valence-corrected chi connectivity index (χ1v) is 13.2. The zero-order valence-electron chi connectivity index (χ0n) is 18.7. The lowest BCUT2D eigenvalue weighted by atomic mass is 9.91. The molecule has 3 heterocycles.